The van der Waals surface area contributed by atoms with Crippen molar-refractivity contribution in [3.05, 3.63) is 12.7 Å². The lowest BCUT2D eigenvalue weighted by Crippen LogP contribution is -2.24. The lowest BCUT2D eigenvalue weighted by Gasteiger charge is -2.08. The number of carbonyl (C=O) groups excluding carboxylic acids is 1. The summed E-state index contributed by atoms with van der Waals surface area (Å²) in [5.74, 6) is 0. The van der Waals surface area contributed by atoms with Gasteiger partial charge in [-0.3, -0.25) is 4.79 Å². The molecule has 1 amide bonds. The Bertz CT molecular complexity index is 112. The quantitative estimate of drug-likeness (QED) is 0.338. The third kappa shape index (κ3) is 5.64. The molecule has 0 heterocycles. The standard InChI is InChI=1S/C9H16NO/c1-3-5-6-7-9(4-2)10-8-11/h4,9H,2-3,5-7H2,1H3,(H,10,11). The van der Waals surface area contributed by atoms with E-state index >= 15 is 0 Å². The Hall–Kier alpha value is -0.790. The summed E-state index contributed by atoms with van der Waals surface area (Å²) in [7, 11) is 0. The van der Waals surface area contributed by atoms with Gasteiger partial charge in [-0.1, -0.05) is 32.3 Å². The molecule has 0 aliphatic carbocycles. The molecule has 0 rings (SSSR count). The van der Waals surface area contributed by atoms with E-state index in [2.05, 4.69) is 18.8 Å². The second-order valence-corrected chi connectivity index (χ2v) is 2.58. The molecule has 0 aromatic rings. The Balaban J connectivity index is 3.35. The summed E-state index contributed by atoms with van der Waals surface area (Å²) in [5, 5.41) is 2.57. The topological polar surface area (TPSA) is 29.1 Å². The van der Waals surface area contributed by atoms with Crippen molar-refractivity contribution in [2.75, 3.05) is 0 Å². The molecule has 0 bridgehead atoms. The van der Waals surface area contributed by atoms with E-state index in [-0.39, 0.29) is 6.04 Å². The zero-order valence-electron chi connectivity index (χ0n) is 7.10. The van der Waals surface area contributed by atoms with Crippen molar-refractivity contribution in [3.8, 4) is 0 Å². The number of hydrogen-bond donors (Lipinski definition) is 1. The van der Waals surface area contributed by atoms with Crippen molar-refractivity contribution < 1.29 is 4.79 Å². The van der Waals surface area contributed by atoms with E-state index in [1.807, 2.05) is 0 Å². The van der Waals surface area contributed by atoms with E-state index in [1.54, 1.807) is 12.5 Å². The first-order valence-corrected chi connectivity index (χ1v) is 4.10. The van der Waals surface area contributed by atoms with Crippen molar-refractivity contribution in [2.24, 2.45) is 0 Å². The van der Waals surface area contributed by atoms with Gasteiger partial charge in [-0.2, -0.15) is 0 Å². The Kier molecular flexibility index (Phi) is 6.79. The van der Waals surface area contributed by atoms with Crippen LogP contribution in [-0.2, 0) is 4.79 Å². The summed E-state index contributed by atoms with van der Waals surface area (Å²) in [6, 6.07) is 0.110. The Labute approximate surface area is 68.7 Å². The van der Waals surface area contributed by atoms with Crippen LogP contribution in [0.25, 0.3) is 0 Å². The summed E-state index contributed by atoms with van der Waals surface area (Å²) < 4.78 is 0. The minimum atomic E-state index is 0.110. The van der Waals surface area contributed by atoms with Gasteiger partial charge < -0.3 is 5.32 Å². The second kappa shape index (κ2) is 7.32. The van der Waals surface area contributed by atoms with E-state index in [1.165, 1.54) is 12.8 Å². The first-order valence-electron chi connectivity index (χ1n) is 4.10. The highest BCUT2D eigenvalue weighted by molar-refractivity contribution is 5.48. The molecule has 11 heavy (non-hydrogen) atoms. The number of rotatable bonds is 7. The third-order valence-corrected chi connectivity index (χ3v) is 1.65. The van der Waals surface area contributed by atoms with Crippen LogP contribution < -0.4 is 5.32 Å². The third-order valence-electron chi connectivity index (χ3n) is 1.65. The lowest BCUT2D eigenvalue weighted by molar-refractivity contribution is 0.519. The minimum Gasteiger partial charge on any atom is -0.342 e. The van der Waals surface area contributed by atoms with Crippen LogP contribution in [0.5, 0.6) is 0 Å². The van der Waals surface area contributed by atoms with Crippen LogP contribution in [0.15, 0.2) is 12.7 Å². The van der Waals surface area contributed by atoms with Gasteiger partial charge in [0.05, 0.1) is 0 Å². The maximum absolute atomic E-state index is 9.92. The van der Waals surface area contributed by atoms with Gasteiger partial charge in [0.15, 0.2) is 0 Å². The first-order chi connectivity index (χ1) is 5.35. The van der Waals surface area contributed by atoms with Gasteiger partial charge in [-0.25, -0.2) is 0 Å². The van der Waals surface area contributed by atoms with Gasteiger partial charge in [0, 0.05) is 6.04 Å². The fraction of sp³-hybridized carbons (Fsp3) is 0.667. The van der Waals surface area contributed by atoms with Gasteiger partial charge in [-0.15, -0.1) is 6.58 Å². The highest BCUT2D eigenvalue weighted by Gasteiger charge is 2.00. The van der Waals surface area contributed by atoms with Crippen LogP contribution in [0.2, 0.25) is 0 Å². The highest BCUT2D eigenvalue weighted by atomic mass is 16.1. The van der Waals surface area contributed by atoms with Gasteiger partial charge in [0.25, 0.3) is 0 Å². The maximum Gasteiger partial charge on any atom is 0.309 e. The molecule has 0 spiro atoms. The molecule has 2 heteroatoms. The molecule has 2 nitrogen and oxygen atoms in total. The van der Waals surface area contributed by atoms with Crippen molar-refractivity contribution in [3.63, 3.8) is 0 Å². The highest BCUT2D eigenvalue weighted by Crippen LogP contribution is 2.03. The Morgan fingerprint density at radius 3 is 2.82 bits per heavy atom. The monoisotopic (exact) mass is 154 g/mol. The number of hydrogen-bond acceptors (Lipinski definition) is 1. The van der Waals surface area contributed by atoms with Gasteiger partial charge >= 0.3 is 6.41 Å². The van der Waals surface area contributed by atoms with Crippen LogP contribution in [0.4, 0.5) is 0 Å². The molecule has 0 fully saturated rings. The molecule has 63 valence electrons. The molecule has 0 aromatic heterocycles. The lowest BCUT2D eigenvalue weighted by atomic mass is 10.1. The smallest absolute Gasteiger partial charge is 0.309 e. The number of unbranched alkanes of at least 4 members (excludes halogenated alkanes) is 2. The summed E-state index contributed by atoms with van der Waals surface area (Å²) in [6.45, 7) is 5.77. The SMILES string of the molecule is C=CC(CCCCC)N[C]=O. The average molecular weight is 154 g/mol. The molecule has 1 radical (unpaired) electrons. The van der Waals surface area contributed by atoms with Gasteiger partial charge in [-0.05, 0) is 6.42 Å². The zero-order chi connectivity index (χ0) is 8.53. The molecule has 0 saturated heterocycles. The summed E-state index contributed by atoms with van der Waals surface area (Å²) >= 11 is 0. The van der Waals surface area contributed by atoms with Crippen LogP contribution in [-0.4, -0.2) is 12.5 Å². The Morgan fingerprint density at radius 2 is 2.36 bits per heavy atom. The van der Waals surface area contributed by atoms with Gasteiger partial charge in [0.2, 0.25) is 0 Å². The number of nitrogens with one attached hydrogen (secondary N) is 1. The summed E-state index contributed by atoms with van der Waals surface area (Å²) in [5.41, 5.74) is 0. The van der Waals surface area contributed by atoms with Crippen molar-refractivity contribution in [2.45, 2.75) is 38.6 Å². The van der Waals surface area contributed by atoms with E-state index in [0.29, 0.717) is 0 Å². The first kappa shape index (κ1) is 10.2. The molecule has 0 aromatic carbocycles. The predicted molar refractivity (Wildman–Crippen MR) is 47.0 cm³/mol. The van der Waals surface area contributed by atoms with Crippen LogP contribution in [0.1, 0.15) is 32.6 Å². The second-order valence-electron chi connectivity index (χ2n) is 2.58. The number of amides is 1. The molecule has 0 aliphatic rings. The van der Waals surface area contributed by atoms with E-state index in [9.17, 15) is 4.79 Å². The normalized spacial score (nSPS) is 12.1. The zero-order valence-corrected chi connectivity index (χ0v) is 7.10. The molecule has 0 aliphatic heterocycles. The van der Waals surface area contributed by atoms with Crippen molar-refractivity contribution in [1.82, 2.24) is 5.32 Å². The molecular weight excluding hydrogens is 138 g/mol. The van der Waals surface area contributed by atoms with Crippen LogP contribution >= 0.6 is 0 Å². The molecule has 1 unspecified atom stereocenters. The average Bonchev–Trinajstić information content (AvgIpc) is 2.03. The minimum absolute atomic E-state index is 0.110. The van der Waals surface area contributed by atoms with Crippen LogP contribution in [0, 0.1) is 0 Å². The van der Waals surface area contributed by atoms with Crippen molar-refractivity contribution >= 4 is 6.41 Å². The van der Waals surface area contributed by atoms with Crippen LogP contribution in [0.3, 0.4) is 0 Å². The molecular formula is C9H16NO. The molecule has 1 atom stereocenters. The predicted octanol–water partition coefficient (Wildman–Crippen LogP) is 1.78. The summed E-state index contributed by atoms with van der Waals surface area (Å²) in [4.78, 5) is 9.92. The van der Waals surface area contributed by atoms with Gasteiger partial charge in [0.1, 0.15) is 0 Å². The molecule has 0 saturated carbocycles. The molecule has 1 N–H and O–H groups in total. The largest absolute Gasteiger partial charge is 0.342 e. The van der Waals surface area contributed by atoms with Crippen molar-refractivity contribution in [1.29, 1.82) is 0 Å². The Morgan fingerprint density at radius 1 is 1.64 bits per heavy atom. The fourth-order valence-corrected chi connectivity index (χ4v) is 0.939. The van der Waals surface area contributed by atoms with E-state index in [0.717, 1.165) is 12.8 Å². The maximum atomic E-state index is 9.92. The van der Waals surface area contributed by atoms with E-state index < -0.39 is 0 Å². The fourth-order valence-electron chi connectivity index (χ4n) is 0.939. The van der Waals surface area contributed by atoms with E-state index in [4.69, 9.17) is 0 Å². The summed E-state index contributed by atoms with van der Waals surface area (Å²) in [6.07, 6.45) is 7.96.